The van der Waals surface area contributed by atoms with Crippen molar-refractivity contribution in [2.75, 3.05) is 18.4 Å². The Labute approximate surface area is 110 Å². The summed E-state index contributed by atoms with van der Waals surface area (Å²) in [5.41, 5.74) is 3.28. The number of amides is 2. The monoisotopic (exact) mass is 264 g/mol. The van der Waals surface area contributed by atoms with E-state index < -0.39 is 4.92 Å². The molecule has 1 aromatic carbocycles. The molecule has 1 fully saturated rings. The van der Waals surface area contributed by atoms with E-state index in [1.165, 1.54) is 30.7 Å². The minimum absolute atomic E-state index is 0.00184. The van der Waals surface area contributed by atoms with Crippen molar-refractivity contribution in [1.29, 1.82) is 0 Å². The molecular weight excluding hydrogens is 248 g/mol. The summed E-state index contributed by atoms with van der Waals surface area (Å²) >= 11 is 0. The number of urea groups is 1. The highest BCUT2D eigenvalue weighted by atomic mass is 16.6. The molecule has 0 aliphatic carbocycles. The normalized spacial score (nSPS) is 15.8. The maximum atomic E-state index is 11.7. The predicted molar refractivity (Wildman–Crippen MR) is 70.7 cm³/mol. The largest absolute Gasteiger partial charge is 0.333 e. The number of anilines is 1. The fourth-order valence-electron chi connectivity index (χ4n) is 1.97. The number of rotatable bonds is 3. The zero-order valence-corrected chi connectivity index (χ0v) is 10.5. The topological polar surface area (TPSA) is 87.5 Å². The molecule has 1 aliphatic heterocycles. The number of nitrogens with one attached hydrogen (secondary N) is 2. The lowest BCUT2D eigenvalue weighted by molar-refractivity contribution is -0.384. The molecule has 1 aliphatic rings. The van der Waals surface area contributed by atoms with Gasteiger partial charge in [0.15, 0.2) is 0 Å². The van der Waals surface area contributed by atoms with Crippen LogP contribution in [0.2, 0.25) is 0 Å². The van der Waals surface area contributed by atoms with Crippen LogP contribution >= 0.6 is 0 Å². The minimum atomic E-state index is -0.475. The molecule has 19 heavy (non-hydrogen) atoms. The summed E-state index contributed by atoms with van der Waals surface area (Å²) in [6, 6.07) is 5.41. The Morgan fingerprint density at radius 2 is 1.79 bits per heavy atom. The zero-order chi connectivity index (χ0) is 13.7. The lowest BCUT2D eigenvalue weighted by atomic mass is 10.2. The molecule has 2 rings (SSSR count). The van der Waals surface area contributed by atoms with Crippen LogP contribution in [-0.4, -0.2) is 29.1 Å². The third-order valence-electron chi connectivity index (χ3n) is 2.95. The van der Waals surface area contributed by atoms with Gasteiger partial charge in [-0.2, -0.15) is 0 Å². The lowest BCUT2D eigenvalue weighted by Gasteiger charge is -2.26. The fraction of sp³-hybridized carbons (Fsp3) is 0.417. The number of benzene rings is 1. The molecule has 0 atom stereocenters. The quantitative estimate of drug-likeness (QED) is 0.646. The van der Waals surface area contributed by atoms with Crippen LogP contribution < -0.4 is 10.7 Å². The Balaban J connectivity index is 1.85. The van der Waals surface area contributed by atoms with E-state index >= 15 is 0 Å². The van der Waals surface area contributed by atoms with Crippen molar-refractivity contribution in [3.63, 3.8) is 0 Å². The third kappa shape index (κ3) is 3.92. The Morgan fingerprint density at radius 1 is 1.16 bits per heavy atom. The summed E-state index contributed by atoms with van der Waals surface area (Å²) in [7, 11) is 0. The molecule has 1 aromatic rings. The number of hydrogen-bond donors (Lipinski definition) is 2. The van der Waals surface area contributed by atoms with Crippen molar-refractivity contribution < 1.29 is 9.72 Å². The summed E-state index contributed by atoms with van der Waals surface area (Å²) < 4.78 is 0. The first-order valence-electron chi connectivity index (χ1n) is 6.22. The van der Waals surface area contributed by atoms with Crippen LogP contribution in [-0.2, 0) is 0 Å². The molecule has 102 valence electrons. The molecule has 2 N–H and O–H groups in total. The van der Waals surface area contributed by atoms with Gasteiger partial charge in [0.1, 0.15) is 0 Å². The standard InChI is InChI=1S/C12H16N4O3/c17-12(14-15-8-2-1-3-9-15)13-10-4-6-11(7-5-10)16(18)19/h4-7H,1-3,8-9H2,(H2,13,14,17). The van der Waals surface area contributed by atoms with Gasteiger partial charge in [-0.25, -0.2) is 9.80 Å². The van der Waals surface area contributed by atoms with Crippen LogP contribution in [0.5, 0.6) is 0 Å². The summed E-state index contributed by atoms with van der Waals surface area (Å²) in [5.74, 6) is 0. The van der Waals surface area contributed by atoms with Gasteiger partial charge in [-0.05, 0) is 25.0 Å². The molecule has 7 heteroatoms. The second kappa shape index (κ2) is 6.14. The number of non-ortho nitro benzene ring substituents is 1. The molecule has 1 heterocycles. The number of piperidine rings is 1. The molecule has 0 saturated carbocycles. The van der Waals surface area contributed by atoms with Gasteiger partial charge >= 0.3 is 6.03 Å². The highest BCUT2D eigenvalue weighted by Crippen LogP contribution is 2.15. The fourth-order valence-corrected chi connectivity index (χ4v) is 1.97. The molecular formula is C12H16N4O3. The van der Waals surface area contributed by atoms with E-state index in [0.29, 0.717) is 5.69 Å². The Bertz CT molecular complexity index is 455. The van der Waals surface area contributed by atoms with Gasteiger partial charge in [0, 0.05) is 30.9 Å². The second-order valence-corrected chi connectivity index (χ2v) is 4.42. The van der Waals surface area contributed by atoms with E-state index in [0.717, 1.165) is 25.9 Å². The first-order valence-corrected chi connectivity index (χ1v) is 6.22. The van der Waals surface area contributed by atoms with Crippen molar-refractivity contribution in [2.24, 2.45) is 0 Å². The summed E-state index contributed by atoms with van der Waals surface area (Å²) in [4.78, 5) is 21.7. The van der Waals surface area contributed by atoms with Crippen molar-refractivity contribution in [3.05, 3.63) is 34.4 Å². The van der Waals surface area contributed by atoms with Crippen LogP contribution in [0.15, 0.2) is 24.3 Å². The van der Waals surface area contributed by atoms with E-state index in [4.69, 9.17) is 0 Å². The Morgan fingerprint density at radius 3 is 2.37 bits per heavy atom. The maximum absolute atomic E-state index is 11.7. The number of nitrogens with zero attached hydrogens (tertiary/aromatic N) is 2. The zero-order valence-electron chi connectivity index (χ0n) is 10.5. The molecule has 2 amide bonds. The van der Waals surface area contributed by atoms with Gasteiger partial charge in [-0.15, -0.1) is 0 Å². The lowest BCUT2D eigenvalue weighted by Crippen LogP contribution is -2.46. The molecule has 0 spiro atoms. The first kappa shape index (κ1) is 13.3. The van der Waals surface area contributed by atoms with E-state index in [2.05, 4.69) is 10.7 Å². The highest BCUT2D eigenvalue weighted by Gasteiger charge is 2.13. The number of hydrazine groups is 1. The number of carbonyl (C=O) groups excluding carboxylic acids is 1. The number of nitro benzene ring substituents is 1. The van der Waals surface area contributed by atoms with Gasteiger partial charge < -0.3 is 5.32 Å². The smallest absolute Gasteiger partial charge is 0.307 e. The summed E-state index contributed by atoms with van der Waals surface area (Å²) in [6.07, 6.45) is 3.36. The van der Waals surface area contributed by atoms with E-state index in [1.54, 1.807) is 0 Å². The maximum Gasteiger partial charge on any atom is 0.333 e. The minimum Gasteiger partial charge on any atom is -0.307 e. The number of nitro groups is 1. The highest BCUT2D eigenvalue weighted by molar-refractivity contribution is 5.88. The second-order valence-electron chi connectivity index (χ2n) is 4.42. The first-order chi connectivity index (χ1) is 9.15. The summed E-state index contributed by atoms with van der Waals surface area (Å²) in [5, 5.41) is 15.0. The predicted octanol–water partition coefficient (Wildman–Crippen LogP) is 2.12. The van der Waals surface area contributed by atoms with Crippen LogP contribution in [0.25, 0.3) is 0 Å². The van der Waals surface area contributed by atoms with Crippen molar-refractivity contribution in [2.45, 2.75) is 19.3 Å². The third-order valence-corrected chi connectivity index (χ3v) is 2.95. The molecule has 7 nitrogen and oxygen atoms in total. The molecule has 1 saturated heterocycles. The van der Waals surface area contributed by atoms with Crippen LogP contribution in [0.4, 0.5) is 16.2 Å². The Hall–Kier alpha value is -2.15. The van der Waals surface area contributed by atoms with E-state index in [1.807, 2.05) is 5.01 Å². The van der Waals surface area contributed by atoms with Crippen LogP contribution in [0.3, 0.4) is 0 Å². The SMILES string of the molecule is O=C(Nc1ccc([N+](=O)[O-])cc1)NN1CCCCC1. The summed E-state index contributed by atoms with van der Waals surface area (Å²) in [6.45, 7) is 1.71. The van der Waals surface area contributed by atoms with Crippen molar-refractivity contribution in [3.8, 4) is 0 Å². The van der Waals surface area contributed by atoms with Gasteiger partial charge in [0.2, 0.25) is 0 Å². The number of carbonyl (C=O) groups is 1. The molecule has 0 unspecified atom stereocenters. The Kier molecular flexibility index (Phi) is 4.30. The van der Waals surface area contributed by atoms with Gasteiger partial charge in [0.25, 0.3) is 5.69 Å². The van der Waals surface area contributed by atoms with Crippen LogP contribution in [0.1, 0.15) is 19.3 Å². The van der Waals surface area contributed by atoms with Gasteiger partial charge in [-0.3, -0.25) is 15.5 Å². The van der Waals surface area contributed by atoms with Crippen molar-refractivity contribution in [1.82, 2.24) is 10.4 Å². The van der Waals surface area contributed by atoms with Gasteiger partial charge in [-0.1, -0.05) is 6.42 Å². The molecule has 0 bridgehead atoms. The number of hydrogen-bond acceptors (Lipinski definition) is 4. The van der Waals surface area contributed by atoms with E-state index in [9.17, 15) is 14.9 Å². The van der Waals surface area contributed by atoms with Gasteiger partial charge in [0.05, 0.1) is 4.92 Å². The van der Waals surface area contributed by atoms with E-state index in [-0.39, 0.29) is 11.7 Å². The average molecular weight is 264 g/mol. The van der Waals surface area contributed by atoms with Crippen molar-refractivity contribution >= 4 is 17.4 Å². The molecule has 0 radical (unpaired) electrons. The average Bonchev–Trinajstić information content (AvgIpc) is 2.40. The molecule has 0 aromatic heterocycles. The van der Waals surface area contributed by atoms with Crippen LogP contribution in [0, 0.1) is 10.1 Å².